The molecule has 0 amide bonds. The van der Waals surface area contributed by atoms with E-state index >= 15 is 0 Å². The second kappa shape index (κ2) is 6.65. The largest absolute Gasteiger partial charge is 0.385 e. The van der Waals surface area contributed by atoms with Crippen molar-refractivity contribution in [2.24, 2.45) is 5.92 Å². The van der Waals surface area contributed by atoms with Crippen LogP contribution in [0, 0.1) is 5.92 Å². The summed E-state index contributed by atoms with van der Waals surface area (Å²) in [6.07, 6.45) is 5.04. The van der Waals surface area contributed by atoms with Crippen molar-refractivity contribution in [3.63, 3.8) is 0 Å². The van der Waals surface area contributed by atoms with E-state index in [9.17, 15) is 0 Å². The molecule has 0 bridgehead atoms. The SMILES string of the molecule is CCCc1ccc(NCCC2CCNC2)cc1. The monoisotopic (exact) mass is 232 g/mol. The Bertz CT molecular complexity index is 312. The highest BCUT2D eigenvalue weighted by atomic mass is 14.9. The van der Waals surface area contributed by atoms with Crippen LogP contribution in [0.15, 0.2) is 24.3 Å². The lowest BCUT2D eigenvalue weighted by Gasteiger charge is -2.10. The summed E-state index contributed by atoms with van der Waals surface area (Å²) in [5.74, 6) is 0.877. The zero-order valence-electron chi connectivity index (χ0n) is 10.8. The summed E-state index contributed by atoms with van der Waals surface area (Å²) in [5, 5.41) is 6.93. The number of rotatable bonds is 6. The van der Waals surface area contributed by atoms with Crippen LogP contribution in [0.4, 0.5) is 5.69 Å². The van der Waals surface area contributed by atoms with Crippen molar-refractivity contribution in [3.05, 3.63) is 29.8 Å². The summed E-state index contributed by atoms with van der Waals surface area (Å²) in [7, 11) is 0. The minimum absolute atomic E-state index is 0.877. The van der Waals surface area contributed by atoms with Crippen molar-refractivity contribution in [1.29, 1.82) is 0 Å². The molecule has 1 aromatic carbocycles. The molecule has 0 aromatic heterocycles. The van der Waals surface area contributed by atoms with Gasteiger partial charge in [0, 0.05) is 12.2 Å². The van der Waals surface area contributed by atoms with Gasteiger partial charge < -0.3 is 10.6 Å². The Kier molecular flexibility index (Phi) is 4.87. The van der Waals surface area contributed by atoms with Crippen LogP contribution < -0.4 is 10.6 Å². The lowest BCUT2D eigenvalue weighted by molar-refractivity contribution is 0.549. The summed E-state index contributed by atoms with van der Waals surface area (Å²) in [6.45, 7) is 5.73. The van der Waals surface area contributed by atoms with Crippen molar-refractivity contribution < 1.29 is 0 Å². The van der Waals surface area contributed by atoms with Gasteiger partial charge in [0.15, 0.2) is 0 Å². The number of nitrogens with one attached hydrogen (secondary N) is 2. The Balaban J connectivity index is 1.70. The average Bonchev–Trinajstić information content (AvgIpc) is 2.85. The third-order valence-electron chi connectivity index (χ3n) is 3.54. The molecule has 2 rings (SSSR count). The molecule has 1 aliphatic rings. The zero-order valence-corrected chi connectivity index (χ0v) is 10.8. The summed E-state index contributed by atoms with van der Waals surface area (Å²) < 4.78 is 0. The Labute approximate surface area is 105 Å². The molecule has 2 N–H and O–H groups in total. The Morgan fingerprint density at radius 2 is 2.12 bits per heavy atom. The molecule has 94 valence electrons. The maximum Gasteiger partial charge on any atom is 0.0340 e. The van der Waals surface area contributed by atoms with Gasteiger partial charge in [-0.15, -0.1) is 0 Å². The van der Waals surface area contributed by atoms with Crippen LogP contribution in [0.1, 0.15) is 31.7 Å². The van der Waals surface area contributed by atoms with Gasteiger partial charge in [-0.25, -0.2) is 0 Å². The van der Waals surface area contributed by atoms with Crippen LogP contribution in [0.2, 0.25) is 0 Å². The van der Waals surface area contributed by atoms with E-state index in [2.05, 4.69) is 41.8 Å². The molecule has 1 saturated heterocycles. The van der Waals surface area contributed by atoms with Gasteiger partial charge >= 0.3 is 0 Å². The van der Waals surface area contributed by atoms with Crippen LogP contribution in [0.5, 0.6) is 0 Å². The quantitative estimate of drug-likeness (QED) is 0.787. The number of anilines is 1. The first-order chi connectivity index (χ1) is 8.38. The summed E-state index contributed by atoms with van der Waals surface area (Å²) in [5.41, 5.74) is 2.70. The molecule has 2 nitrogen and oxygen atoms in total. The lowest BCUT2D eigenvalue weighted by Crippen LogP contribution is -2.12. The fourth-order valence-corrected chi connectivity index (χ4v) is 2.46. The molecule has 1 fully saturated rings. The molecule has 1 aromatic rings. The highest BCUT2D eigenvalue weighted by Gasteiger charge is 2.13. The van der Waals surface area contributed by atoms with Crippen molar-refractivity contribution in [2.45, 2.75) is 32.6 Å². The van der Waals surface area contributed by atoms with Crippen LogP contribution in [-0.4, -0.2) is 19.6 Å². The molecular weight excluding hydrogens is 208 g/mol. The minimum Gasteiger partial charge on any atom is -0.385 e. The van der Waals surface area contributed by atoms with E-state index in [1.165, 1.54) is 50.0 Å². The van der Waals surface area contributed by atoms with E-state index in [0.29, 0.717) is 0 Å². The Morgan fingerprint density at radius 3 is 2.76 bits per heavy atom. The van der Waals surface area contributed by atoms with Gasteiger partial charge in [0.1, 0.15) is 0 Å². The molecule has 0 aliphatic carbocycles. The van der Waals surface area contributed by atoms with E-state index in [1.807, 2.05) is 0 Å². The smallest absolute Gasteiger partial charge is 0.0340 e. The molecule has 1 atom stereocenters. The fraction of sp³-hybridized carbons (Fsp3) is 0.600. The van der Waals surface area contributed by atoms with Gasteiger partial charge in [-0.05, 0) is 56.0 Å². The minimum atomic E-state index is 0.877. The highest BCUT2D eigenvalue weighted by molar-refractivity contribution is 5.44. The van der Waals surface area contributed by atoms with Crippen LogP contribution in [0.3, 0.4) is 0 Å². The predicted molar refractivity (Wildman–Crippen MR) is 74.5 cm³/mol. The molecule has 0 spiro atoms. The van der Waals surface area contributed by atoms with Gasteiger partial charge in [0.05, 0.1) is 0 Å². The molecule has 17 heavy (non-hydrogen) atoms. The van der Waals surface area contributed by atoms with Gasteiger partial charge in [0.25, 0.3) is 0 Å². The molecular formula is C15H24N2. The number of benzene rings is 1. The molecule has 1 unspecified atom stereocenters. The first-order valence-corrected chi connectivity index (χ1v) is 6.92. The third kappa shape index (κ3) is 4.04. The van der Waals surface area contributed by atoms with E-state index in [0.717, 1.165) is 12.5 Å². The Morgan fingerprint density at radius 1 is 1.29 bits per heavy atom. The molecule has 0 radical (unpaired) electrons. The van der Waals surface area contributed by atoms with E-state index in [-0.39, 0.29) is 0 Å². The fourth-order valence-electron chi connectivity index (χ4n) is 2.46. The molecule has 2 heteroatoms. The zero-order chi connectivity index (χ0) is 11.9. The van der Waals surface area contributed by atoms with Crippen molar-refractivity contribution >= 4 is 5.69 Å². The van der Waals surface area contributed by atoms with Gasteiger partial charge in [0.2, 0.25) is 0 Å². The van der Waals surface area contributed by atoms with Crippen LogP contribution >= 0.6 is 0 Å². The molecule has 0 saturated carbocycles. The van der Waals surface area contributed by atoms with E-state index in [4.69, 9.17) is 0 Å². The standard InChI is InChI=1S/C15H24N2/c1-2-3-13-4-6-15(7-5-13)17-11-9-14-8-10-16-12-14/h4-7,14,16-17H,2-3,8-12H2,1H3. The predicted octanol–water partition coefficient (Wildman–Crippen LogP) is 3.05. The van der Waals surface area contributed by atoms with Crippen molar-refractivity contribution in [2.75, 3.05) is 25.0 Å². The normalized spacial score (nSPS) is 19.5. The first-order valence-electron chi connectivity index (χ1n) is 6.92. The molecule has 1 aliphatic heterocycles. The molecule has 1 heterocycles. The van der Waals surface area contributed by atoms with Gasteiger partial charge in [-0.1, -0.05) is 25.5 Å². The van der Waals surface area contributed by atoms with Gasteiger partial charge in [-0.3, -0.25) is 0 Å². The highest BCUT2D eigenvalue weighted by Crippen LogP contribution is 2.14. The second-order valence-corrected chi connectivity index (χ2v) is 5.02. The number of aryl methyl sites for hydroxylation is 1. The summed E-state index contributed by atoms with van der Waals surface area (Å²) >= 11 is 0. The van der Waals surface area contributed by atoms with E-state index in [1.54, 1.807) is 0 Å². The first kappa shape index (κ1) is 12.4. The van der Waals surface area contributed by atoms with Crippen molar-refractivity contribution in [1.82, 2.24) is 5.32 Å². The van der Waals surface area contributed by atoms with Crippen LogP contribution in [-0.2, 0) is 6.42 Å². The third-order valence-corrected chi connectivity index (χ3v) is 3.54. The average molecular weight is 232 g/mol. The summed E-state index contributed by atoms with van der Waals surface area (Å²) in [4.78, 5) is 0. The number of hydrogen-bond donors (Lipinski definition) is 2. The van der Waals surface area contributed by atoms with Gasteiger partial charge in [-0.2, -0.15) is 0 Å². The maximum atomic E-state index is 3.51. The van der Waals surface area contributed by atoms with E-state index < -0.39 is 0 Å². The number of hydrogen-bond acceptors (Lipinski definition) is 2. The van der Waals surface area contributed by atoms with Crippen molar-refractivity contribution in [3.8, 4) is 0 Å². The maximum absolute atomic E-state index is 3.51. The Hall–Kier alpha value is -1.02. The summed E-state index contributed by atoms with van der Waals surface area (Å²) in [6, 6.07) is 8.89. The van der Waals surface area contributed by atoms with Crippen LogP contribution in [0.25, 0.3) is 0 Å². The topological polar surface area (TPSA) is 24.1 Å². The lowest BCUT2D eigenvalue weighted by atomic mass is 10.1. The second-order valence-electron chi connectivity index (χ2n) is 5.02.